The molecule has 0 fully saturated rings. The number of alkyl halides is 6. The quantitative estimate of drug-likeness (QED) is 0.0984. The Morgan fingerprint density at radius 1 is 0.923 bits per heavy atom. The zero-order valence-corrected chi connectivity index (χ0v) is 21.7. The molecule has 0 bridgehead atoms. The van der Waals surface area contributed by atoms with Crippen LogP contribution in [0.5, 0.6) is 0 Å². The molecule has 0 spiro atoms. The molecule has 4 rings (SSSR count). The minimum absolute atomic E-state index is 0. The van der Waals surface area contributed by atoms with Gasteiger partial charge in [0.05, 0.1) is 17.4 Å². The summed E-state index contributed by atoms with van der Waals surface area (Å²) in [6.45, 7) is 1.53. The number of aliphatic hydroxyl groups excluding tert-OH is 1. The Kier molecular flexibility index (Phi) is 11.9. The average molecular weight is 591 g/mol. The summed E-state index contributed by atoms with van der Waals surface area (Å²) in [5.74, 6) is 0. The van der Waals surface area contributed by atoms with Gasteiger partial charge in [0.2, 0.25) is 0 Å². The van der Waals surface area contributed by atoms with Crippen LogP contribution in [0.25, 0.3) is 11.3 Å². The summed E-state index contributed by atoms with van der Waals surface area (Å²) in [5.41, 5.74) is 4.79. The van der Waals surface area contributed by atoms with Crippen molar-refractivity contribution in [2.45, 2.75) is 31.4 Å². The van der Waals surface area contributed by atoms with Crippen molar-refractivity contribution < 1.29 is 48.5 Å². The maximum Gasteiger partial charge on any atom is 0.433 e. The number of pyridine rings is 1. The van der Waals surface area contributed by atoms with Gasteiger partial charge in [0, 0.05) is 35.7 Å². The Hall–Kier alpha value is -2.95. The number of benzene rings is 1. The number of nitrogens with two attached hydrogens (primary N) is 1. The first-order valence-electron chi connectivity index (χ1n) is 11.7. The van der Waals surface area contributed by atoms with Gasteiger partial charge in [-0.1, -0.05) is 12.1 Å². The van der Waals surface area contributed by atoms with Crippen molar-refractivity contribution in [3.63, 3.8) is 0 Å². The van der Waals surface area contributed by atoms with Crippen LogP contribution < -0.4 is 11.1 Å². The first-order chi connectivity index (χ1) is 18.0. The smallest absolute Gasteiger partial charge is 0.433 e. The Balaban J connectivity index is 0.000000797. The van der Waals surface area contributed by atoms with Crippen molar-refractivity contribution in [3.05, 3.63) is 113 Å². The topological polar surface area (TPSA) is 71.2 Å². The summed E-state index contributed by atoms with van der Waals surface area (Å²) in [5, 5.41) is 13.8. The third-order valence-electron chi connectivity index (χ3n) is 5.64. The van der Waals surface area contributed by atoms with E-state index >= 15 is 0 Å². The molecule has 11 heteroatoms. The second-order valence-electron chi connectivity index (χ2n) is 8.47. The van der Waals surface area contributed by atoms with E-state index in [2.05, 4.69) is 10.3 Å². The number of hydrogen-bond acceptors (Lipinski definition) is 4. The van der Waals surface area contributed by atoms with Crippen molar-refractivity contribution >= 4 is 0 Å². The number of nitrogens with zero attached hydrogens (tertiary/aromatic N) is 1. The molecule has 0 amide bonds. The molecule has 3 aromatic carbocycles. The standard InChI is InChI=1S/C23H22F6N3O.C5H5.Fe/c24-22(25,26)18-6-4-14(5-7-18)19-10-17(12-21(32-19)23(27,28)29)20(33)11-15-2-1-3-16(15)13-31-9-8-30;1-2-4-5-3-1;/h1-7,10,12,20,31,33H,8-9,11,13,30H2;1-5H;/q-1;-5;/t20-;;/m1../s1. The molecule has 0 saturated heterocycles. The largest absolute Gasteiger partial charge is 0.748 e. The van der Waals surface area contributed by atoms with Crippen molar-refractivity contribution in [2.24, 2.45) is 5.73 Å². The van der Waals surface area contributed by atoms with Crippen LogP contribution in [-0.2, 0) is 42.4 Å². The molecule has 4 aromatic rings. The van der Waals surface area contributed by atoms with E-state index in [1.54, 1.807) is 12.1 Å². The van der Waals surface area contributed by atoms with E-state index < -0.39 is 29.7 Å². The minimum Gasteiger partial charge on any atom is -0.748 e. The molecule has 1 atom stereocenters. The third kappa shape index (κ3) is 9.63. The van der Waals surface area contributed by atoms with Crippen LogP contribution in [-0.4, -0.2) is 23.2 Å². The zero-order chi connectivity index (χ0) is 27.8. The van der Waals surface area contributed by atoms with Gasteiger partial charge in [-0.15, -0.1) is 5.56 Å². The van der Waals surface area contributed by atoms with Crippen molar-refractivity contribution in [1.82, 2.24) is 10.3 Å². The van der Waals surface area contributed by atoms with Crippen molar-refractivity contribution in [1.29, 1.82) is 0 Å². The fourth-order valence-corrected chi connectivity index (χ4v) is 3.71. The molecule has 0 aliphatic heterocycles. The fourth-order valence-electron chi connectivity index (χ4n) is 3.71. The average Bonchev–Trinajstić information content (AvgIpc) is 3.59. The molecular weight excluding hydrogens is 564 g/mol. The summed E-state index contributed by atoms with van der Waals surface area (Å²) in [7, 11) is 0. The van der Waals surface area contributed by atoms with Crippen molar-refractivity contribution in [3.8, 4) is 11.3 Å². The molecule has 216 valence electrons. The van der Waals surface area contributed by atoms with Gasteiger partial charge in [-0.2, -0.15) is 38.0 Å². The summed E-state index contributed by atoms with van der Waals surface area (Å²) in [4.78, 5) is 3.57. The fraction of sp³-hybridized carbons (Fsp3) is 0.250. The molecule has 4 nitrogen and oxygen atoms in total. The van der Waals surface area contributed by atoms with Gasteiger partial charge < -0.3 is 46.5 Å². The van der Waals surface area contributed by atoms with E-state index in [0.29, 0.717) is 19.6 Å². The first-order valence-corrected chi connectivity index (χ1v) is 11.7. The van der Waals surface area contributed by atoms with E-state index in [1.165, 1.54) is 6.07 Å². The molecule has 0 aliphatic carbocycles. The predicted octanol–water partition coefficient (Wildman–Crippen LogP) is 6.23. The molecule has 4 N–H and O–H groups in total. The van der Waals surface area contributed by atoms with Crippen molar-refractivity contribution in [2.75, 3.05) is 13.1 Å². The normalized spacial score (nSPS) is 12.3. The van der Waals surface area contributed by atoms with E-state index in [-0.39, 0.29) is 40.3 Å². The van der Waals surface area contributed by atoms with Crippen LogP contribution in [0.2, 0.25) is 0 Å². The number of nitrogens with one attached hydrogen (secondary N) is 1. The molecular formula is C28H27F6FeN3O-6. The van der Waals surface area contributed by atoms with E-state index in [0.717, 1.165) is 41.5 Å². The number of aliphatic hydroxyl groups is 1. The SMILES string of the molecule is NCCNC[c-]1cccc1C[C@@H](O)c1cc(-c2ccc(C(F)(F)F)cc2)nc(C(F)(F)F)c1.[Fe].[cH-]1[cH-][cH-][cH-][cH-]1. The molecule has 0 radical (unpaired) electrons. The van der Waals surface area contributed by atoms with E-state index in [9.17, 15) is 31.4 Å². The number of hydrogen-bond donors (Lipinski definition) is 3. The monoisotopic (exact) mass is 591 g/mol. The van der Waals surface area contributed by atoms with Crippen LogP contribution in [0.4, 0.5) is 26.3 Å². The second-order valence-corrected chi connectivity index (χ2v) is 8.47. The summed E-state index contributed by atoms with van der Waals surface area (Å²) < 4.78 is 78.8. The van der Waals surface area contributed by atoms with Gasteiger partial charge in [-0.25, -0.2) is 17.1 Å². The van der Waals surface area contributed by atoms with Gasteiger partial charge in [0.25, 0.3) is 0 Å². The van der Waals surface area contributed by atoms with Gasteiger partial charge in [0.15, 0.2) is 0 Å². The minimum atomic E-state index is -4.80. The molecule has 0 unspecified atom stereocenters. The first kappa shape index (κ1) is 32.3. The summed E-state index contributed by atoms with van der Waals surface area (Å²) in [6.07, 6.45) is -10.6. The molecule has 39 heavy (non-hydrogen) atoms. The Bertz CT molecular complexity index is 1230. The second kappa shape index (κ2) is 14.4. The molecule has 1 aromatic heterocycles. The van der Waals surface area contributed by atoms with Gasteiger partial charge in [-0.05, 0) is 42.8 Å². The maximum atomic E-state index is 13.5. The van der Waals surface area contributed by atoms with Gasteiger partial charge >= 0.3 is 12.4 Å². The van der Waals surface area contributed by atoms with Crippen LogP contribution in [0, 0.1) is 0 Å². The Morgan fingerprint density at radius 3 is 2.08 bits per heavy atom. The van der Waals surface area contributed by atoms with Crippen LogP contribution in [0.1, 0.15) is 34.1 Å². The Morgan fingerprint density at radius 2 is 1.54 bits per heavy atom. The van der Waals surface area contributed by atoms with E-state index in [4.69, 9.17) is 5.73 Å². The van der Waals surface area contributed by atoms with Crippen LogP contribution in [0.15, 0.2) is 84.9 Å². The molecule has 1 heterocycles. The third-order valence-corrected chi connectivity index (χ3v) is 5.64. The number of rotatable bonds is 8. The van der Waals surface area contributed by atoms with Crippen LogP contribution in [0.3, 0.4) is 0 Å². The zero-order valence-electron chi connectivity index (χ0n) is 20.6. The predicted molar refractivity (Wildman–Crippen MR) is 133 cm³/mol. The summed E-state index contributed by atoms with van der Waals surface area (Å²) in [6, 6.07) is 21.1. The van der Waals surface area contributed by atoms with Crippen LogP contribution >= 0.6 is 0 Å². The summed E-state index contributed by atoms with van der Waals surface area (Å²) >= 11 is 0. The Labute approximate surface area is 233 Å². The number of aromatic nitrogens is 1. The molecule has 0 saturated carbocycles. The molecule has 0 aliphatic rings. The van der Waals surface area contributed by atoms with Gasteiger partial charge in [-0.3, -0.25) is 0 Å². The number of halogens is 6. The van der Waals surface area contributed by atoms with Gasteiger partial charge in [0.1, 0.15) is 5.69 Å². The maximum absolute atomic E-state index is 13.5. The van der Waals surface area contributed by atoms with E-state index in [1.807, 2.05) is 36.4 Å².